The minimum absolute atomic E-state index is 0.0273. The van der Waals surface area contributed by atoms with Crippen molar-refractivity contribution >= 4 is 19.7 Å². The van der Waals surface area contributed by atoms with Crippen molar-refractivity contribution in [3.05, 3.63) is 77.4 Å². The van der Waals surface area contributed by atoms with Gasteiger partial charge < -0.3 is 15.8 Å². The highest BCUT2D eigenvalue weighted by Crippen LogP contribution is 2.38. The molecule has 2 aromatic heterocycles. The van der Waals surface area contributed by atoms with E-state index in [1.807, 2.05) is 42.1 Å². The molecule has 2 aliphatic rings. The highest BCUT2D eigenvalue weighted by molar-refractivity contribution is 6.76. The van der Waals surface area contributed by atoms with E-state index in [1.54, 1.807) is 0 Å². The van der Waals surface area contributed by atoms with Gasteiger partial charge in [0.2, 0.25) is 5.91 Å². The maximum atomic E-state index is 13.4. The molecule has 3 N–H and O–H groups in total. The summed E-state index contributed by atoms with van der Waals surface area (Å²) in [6, 6.07) is 15.6. The van der Waals surface area contributed by atoms with Gasteiger partial charge in [0.25, 0.3) is 0 Å². The van der Waals surface area contributed by atoms with Gasteiger partial charge in [0.05, 0.1) is 24.0 Å². The van der Waals surface area contributed by atoms with Crippen molar-refractivity contribution < 1.29 is 9.53 Å². The van der Waals surface area contributed by atoms with Crippen LogP contribution in [0.3, 0.4) is 0 Å². The third-order valence-corrected chi connectivity index (χ3v) is 10.8. The zero-order valence-corrected chi connectivity index (χ0v) is 27.8. The van der Waals surface area contributed by atoms with E-state index in [-0.39, 0.29) is 11.8 Å². The maximum absolute atomic E-state index is 13.4. The Bertz CT molecular complexity index is 1630. The highest BCUT2D eigenvalue weighted by Gasteiger charge is 2.31. The summed E-state index contributed by atoms with van der Waals surface area (Å²) in [6.45, 7) is 12.4. The van der Waals surface area contributed by atoms with Crippen molar-refractivity contribution in [1.82, 2.24) is 19.6 Å². The quantitative estimate of drug-likeness (QED) is 0.140. The molecule has 44 heavy (non-hydrogen) atoms. The van der Waals surface area contributed by atoms with Gasteiger partial charge >= 0.3 is 0 Å². The summed E-state index contributed by atoms with van der Waals surface area (Å²) in [6.07, 6.45) is 9.45. The Morgan fingerprint density at radius 3 is 2.55 bits per heavy atom. The fourth-order valence-electron chi connectivity index (χ4n) is 6.31. The smallest absolute Gasteiger partial charge is 0.241 e. The van der Waals surface area contributed by atoms with Crippen LogP contribution in [0.2, 0.25) is 25.7 Å². The van der Waals surface area contributed by atoms with Crippen molar-refractivity contribution in [3.63, 3.8) is 0 Å². The highest BCUT2D eigenvalue weighted by atomic mass is 28.3. The summed E-state index contributed by atoms with van der Waals surface area (Å²) in [4.78, 5) is 13.4. The Morgan fingerprint density at radius 2 is 1.82 bits per heavy atom. The van der Waals surface area contributed by atoms with E-state index in [4.69, 9.17) is 15.6 Å². The van der Waals surface area contributed by atoms with Crippen LogP contribution in [0, 0.1) is 13.8 Å². The monoisotopic (exact) mass is 610 g/mol. The van der Waals surface area contributed by atoms with Gasteiger partial charge in [-0.25, -0.2) is 4.68 Å². The van der Waals surface area contributed by atoms with Crippen molar-refractivity contribution in [2.24, 2.45) is 5.73 Å². The van der Waals surface area contributed by atoms with Crippen LogP contribution in [-0.4, -0.2) is 46.2 Å². The molecule has 0 unspecified atom stereocenters. The predicted molar refractivity (Wildman–Crippen MR) is 179 cm³/mol. The van der Waals surface area contributed by atoms with Gasteiger partial charge in [-0.2, -0.15) is 10.2 Å². The molecule has 0 saturated heterocycles. The van der Waals surface area contributed by atoms with Crippen LogP contribution in [0.4, 0.5) is 5.69 Å². The number of hydrogen-bond donors (Lipinski definition) is 2. The zero-order valence-electron chi connectivity index (χ0n) is 26.8. The van der Waals surface area contributed by atoms with Gasteiger partial charge in [0.15, 0.2) is 0 Å². The van der Waals surface area contributed by atoms with Crippen LogP contribution in [0.5, 0.6) is 0 Å². The number of nitrogens with one attached hydrogen (secondary N) is 1. The number of aryl methyl sites for hydroxylation is 2. The Morgan fingerprint density at radius 1 is 1.07 bits per heavy atom. The van der Waals surface area contributed by atoms with Crippen molar-refractivity contribution in [2.75, 3.05) is 11.9 Å². The predicted octanol–water partition coefficient (Wildman–Crippen LogP) is 7.06. The molecule has 9 heteroatoms. The molecule has 0 radical (unpaired) electrons. The molecular formula is C35H46N6O2Si. The third-order valence-electron chi connectivity index (χ3n) is 9.13. The number of aromatic nitrogens is 4. The fourth-order valence-corrected chi connectivity index (χ4v) is 7.07. The molecule has 8 nitrogen and oxygen atoms in total. The summed E-state index contributed by atoms with van der Waals surface area (Å²) in [5, 5.41) is 12.4. The minimum atomic E-state index is -1.13. The van der Waals surface area contributed by atoms with E-state index in [9.17, 15) is 4.79 Å². The largest absolute Gasteiger partial charge is 0.360 e. The number of fused-ring (bicyclic) bond motifs is 1. The minimum Gasteiger partial charge on any atom is -0.360 e. The number of carbonyl (C=O) groups excluding carboxylic acids is 1. The second kappa shape index (κ2) is 12.5. The van der Waals surface area contributed by atoms with Gasteiger partial charge in [0.1, 0.15) is 6.73 Å². The number of ether oxygens (including phenoxy) is 1. The Balaban J connectivity index is 1.12. The van der Waals surface area contributed by atoms with E-state index < -0.39 is 14.1 Å². The summed E-state index contributed by atoms with van der Waals surface area (Å²) in [5.41, 5.74) is 16.4. The topological polar surface area (TPSA) is 100.0 Å². The average molecular weight is 611 g/mol. The summed E-state index contributed by atoms with van der Waals surface area (Å²) in [5.74, 6) is -0.182. The lowest BCUT2D eigenvalue weighted by molar-refractivity contribution is -0.117. The molecule has 1 fully saturated rings. The molecule has 0 spiro atoms. The second-order valence-corrected chi connectivity index (χ2v) is 19.5. The first-order valence-electron chi connectivity index (χ1n) is 16.0. The van der Waals surface area contributed by atoms with Crippen molar-refractivity contribution in [2.45, 2.75) is 96.4 Å². The molecule has 1 amide bonds. The summed E-state index contributed by atoms with van der Waals surface area (Å²) < 4.78 is 9.97. The Kier molecular flexibility index (Phi) is 8.63. The standard InChI is InChI=1S/C35H46N6O2Si/c1-23-33(24(2)41(39-23)22-43-17-18-44(3,4)5)26-11-13-29(14-12-26)38-35(42)34(36)31-8-6-7-25-9-10-27(19-32(25)31)28-20-37-40(21-28)30-15-16-30/h9-14,19-21,30-31,34H,6-8,15-18,22,36H2,1-5H3,(H,38,42)/t31-,34+/m1/s1. The molecule has 2 atom stereocenters. The van der Waals surface area contributed by atoms with Gasteiger partial charge in [-0.1, -0.05) is 50.0 Å². The first-order valence-corrected chi connectivity index (χ1v) is 19.7. The molecule has 232 valence electrons. The van der Waals surface area contributed by atoms with E-state index in [2.05, 4.69) is 66.1 Å². The van der Waals surface area contributed by atoms with E-state index in [1.165, 1.54) is 24.0 Å². The van der Waals surface area contributed by atoms with E-state index >= 15 is 0 Å². The van der Waals surface area contributed by atoms with Crippen LogP contribution in [0.25, 0.3) is 22.3 Å². The van der Waals surface area contributed by atoms with Gasteiger partial charge in [-0.3, -0.25) is 9.48 Å². The molecule has 6 rings (SSSR count). The third kappa shape index (κ3) is 6.75. The number of anilines is 1. The molecule has 2 aliphatic carbocycles. The second-order valence-electron chi connectivity index (χ2n) is 13.8. The fraction of sp³-hybridized carbons (Fsp3) is 0.457. The first-order chi connectivity index (χ1) is 21.1. The number of carbonyl (C=O) groups is 1. The molecule has 2 aromatic carbocycles. The summed E-state index contributed by atoms with van der Waals surface area (Å²) in [7, 11) is -1.13. The van der Waals surface area contributed by atoms with Gasteiger partial charge in [-0.15, -0.1) is 0 Å². The number of nitrogens with zero attached hydrogens (tertiary/aromatic N) is 4. The molecule has 0 bridgehead atoms. The lowest BCUT2D eigenvalue weighted by atomic mass is 9.77. The first kappa shape index (κ1) is 30.5. The zero-order chi connectivity index (χ0) is 31.0. The van der Waals surface area contributed by atoms with Crippen LogP contribution in [0.1, 0.15) is 60.2 Å². The van der Waals surface area contributed by atoms with Crippen molar-refractivity contribution in [3.8, 4) is 22.3 Å². The van der Waals surface area contributed by atoms with Crippen LogP contribution >= 0.6 is 0 Å². The number of hydrogen-bond acceptors (Lipinski definition) is 5. The van der Waals surface area contributed by atoms with Crippen molar-refractivity contribution in [1.29, 1.82) is 0 Å². The molecular weight excluding hydrogens is 565 g/mol. The molecule has 1 saturated carbocycles. The normalized spacial score (nSPS) is 17.4. The van der Waals surface area contributed by atoms with Crippen LogP contribution in [-0.2, 0) is 22.7 Å². The van der Waals surface area contributed by atoms with Crippen LogP contribution < -0.4 is 11.1 Å². The SMILES string of the molecule is Cc1nn(COCC[Si](C)(C)C)c(C)c1-c1ccc(NC(=O)[C@@H](N)[C@@H]2CCCc3ccc(-c4cnn(C5CC5)c4)cc32)cc1. The van der Waals surface area contributed by atoms with Gasteiger partial charge in [-0.05, 0) is 86.4 Å². The number of benzene rings is 2. The molecule has 0 aliphatic heterocycles. The lowest BCUT2D eigenvalue weighted by Gasteiger charge is -2.30. The van der Waals surface area contributed by atoms with E-state index in [0.29, 0.717) is 12.8 Å². The van der Waals surface area contributed by atoms with Gasteiger partial charge in [0, 0.05) is 49.3 Å². The Hall–Kier alpha value is -3.53. The molecule has 2 heterocycles. The Labute approximate surface area is 262 Å². The maximum Gasteiger partial charge on any atom is 0.241 e. The molecule has 4 aromatic rings. The lowest BCUT2D eigenvalue weighted by Crippen LogP contribution is -2.41. The van der Waals surface area contributed by atoms with Crippen LogP contribution in [0.15, 0.2) is 54.9 Å². The number of rotatable bonds is 11. The summed E-state index contributed by atoms with van der Waals surface area (Å²) >= 11 is 0. The van der Waals surface area contributed by atoms with E-state index in [0.717, 1.165) is 71.2 Å². The number of amides is 1. The average Bonchev–Trinajstić information content (AvgIpc) is 3.66. The number of nitrogens with two attached hydrogens (primary N) is 1.